The van der Waals surface area contributed by atoms with Crippen molar-refractivity contribution in [2.75, 3.05) is 6.26 Å². The van der Waals surface area contributed by atoms with Crippen LogP contribution in [0.1, 0.15) is 31.4 Å². The van der Waals surface area contributed by atoms with Crippen molar-refractivity contribution in [2.24, 2.45) is 0 Å². The van der Waals surface area contributed by atoms with Gasteiger partial charge in [-0.2, -0.15) is 0 Å². The molecule has 5 heteroatoms. The maximum Gasteiger partial charge on any atom is 0.196 e. The summed E-state index contributed by atoms with van der Waals surface area (Å²) in [6, 6.07) is 0. The average Bonchev–Trinajstić information content (AvgIpc) is 2.31. The van der Waals surface area contributed by atoms with E-state index in [0.717, 1.165) is 0 Å². The van der Waals surface area contributed by atoms with Crippen molar-refractivity contribution in [3.05, 3.63) is 17.8 Å². The van der Waals surface area contributed by atoms with E-state index in [4.69, 9.17) is 4.42 Å². The summed E-state index contributed by atoms with van der Waals surface area (Å²) in [4.78, 5) is 4.05. The lowest BCUT2D eigenvalue weighted by Crippen LogP contribution is -2.01. The van der Waals surface area contributed by atoms with Crippen molar-refractivity contribution in [1.29, 1.82) is 0 Å². The summed E-state index contributed by atoms with van der Waals surface area (Å²) in [5.74, 6) is 0.718. The number of hydrogen-bond donors (Lipinski definition) is 0. The maximum absolute atomic E-state index is 10.9. The first-order valence-corrected chi connectivity index (χ1v) is 6.06. The number of nitrogens with zero attached hydrogens (tertiary/aromatic N) is 1. The van der Waals surface area contributed by atoms with Crippen molar-refractivity contribution in [2.45, 2.75) is 25.5 Å². The standard InChI is InChI=1S/C8H13NO3S/c1-6(2)8-9-7(4-12-8)5-13(3,10)11/h4,6H,5H2,1-3H3. The zero-order valence-electron chi connectivity index (χ0n) is 7.94. The quantitative estimate of drug-likeness (QED) is 0.743. The minimum atomic E-state index is -3.01. The molecule has 1 aromatic heterocycles. The van der Waals surface area contributed by atoms with Crippen molar-refractivity contribution >= 4 is 9.84 Å². The number of hydrogen-bond acceptors (Lipinski definition) is 4. The van der Waals surface area contributed by atoms with E-state index in [1.165, 1.54) is 12.5 Å². The summed E-state index contributed by atoms with van der Waals surface area (Å²) in [6.07, 6.45) is 2.58. The summed E-state index contributed by atoms with van der Waals surface area (Å²) >= 11 is 0. The van der Waals surface area contributed by atoms with Gasteiger partial charge in [-0.3, -0.25) is 0 Å². The minimum absolute atomic E-state index is 0.0524. The molecular formula is C8H13NO3S. The molecule has 0 bridgehead atoms. The Morgan fingerprint density at radius 2 is 2.15 bits per heavy atom. The van der Waals surface area contributed by atoms with Gasteiger partial charge in [-0.05, 0) is 0 Å². The molecule has 0 unspecified atom stereocenters. The molecule has 0 amide bonds. The van der Waals surface area contributed by atoms with Crippen LogP contribution in [0.15, 0.2) is 10.7 Å². The molecule has 0 fully saturated rings. The van der Waals surface area contributed by atoms with Gasteiger partial charge in [0.2, 0.25) is 0 Å². The van der Waals surface area contributed by atoms with Gasteiger partial charge < -0.3 is 4.42 Å². The number of aromatic nitrogens is 1. The lowest BCUT2D eigenvalue weighted by atomic mass is 10.2. The minimum Gasteiger partial charge on any atom is -0.448 e. The molecule has 0 spiro atoms. The maximum atomic E-state index is 10.9. The lowest BCUT2D eigenvalue weighted by molar-refractivity contribution is 0.470. The van der Waals surface area contributed by atoms with E-state index in [1.807, 2.05) is 13.8 Å². The summed E-state index contributed by atoms with van der Waals surface area (Å²) in [7, 11) is -3.01. The van der Waals surface area contributed by atoms with Crippen molar-refractivity contribution < 1.29 is 12.8 Å². The van der Waals surface area contributed by atoms with Gasteiger partial charge in [0.1, 0.15) is 6.26 Å². The van der Waals surface area contributed by atoms with Crippen LogP contribution in [0, 0.1) is 0 Å². The smallest absolute Gasteiger partial charge is 0.196 e. The van der Waals surface area contributed by atoms with Crippen LogP contribution in [0.25, 0.3) is 0 Å². The van der Waals surface area contributed by atoms with Crippen LogP contribution in [0.5, 0.6) is 0 Å². The second-order valence-corrected chi connectivity index (χ2v) is 5.54. The molecule has 0 aliphatic carbocycles. The van der Waals surface area contributed by atoms with Gasteiger partial charge in [0.15, 0.2) is 15.7 Å². The Balaban J connectivity index is 2.81. The van der Waals surface area contributed by atoms with Crippen LogP contribution >= 0.6 is 0 Å². The van der Waals surface area contributed by atoms with Gasteiger partial charge in [-0.25, -0.2) is 13.4 Å². The number of sulfone groups is 1. The molecule has 0 N–H and O–H groups in total. The van der Waals surface area contributed by atoms with Gasteiger partial charge in [0, 0.05) is 12.2 Å². The Hall–Kier alpha value is -0.840. The van der Waals surface area contributed by atoms with Crippen LogP contribution < -0.4 is 0 Å². The number of oxazole rings is 1. The topological polar surface area (TPSA) is 60.2 Å². The first kappa shape index (κ1) is 10.2. The molecule has 0 aliphatic heterocycles. The average molecular weight is 203 g/mol. The Bertz CT molecular complexity index is 378. The fourth-order valence-electron chi connectivity index (χ4n) is 0.923. The van der Waals surface area contributed by atoms with Crippen LogP contribution in [0.3, 0.4) is 0 Å². The first-order valence-electron chi connectivity index (χ1n) is 4.00. The molecule has 0 saturated carbocycles. The highest BCUT2D eigenvalue weighted by Gasteiger charge is 2.11. The van der Waals surface area contributed by atoms with Crippen LogP contribution in [-0.4, -0.2) is 19.7 Å². The molecule has 0 aromatic carbocycles. The molecule has 4 nitrogen and oxygen atoms in total. The molecule has 0 radical (unpaired) electrons. The molecule has 0 atom stereocenters. The fraction of sp³-hybridized carbons (Fsp3) is 0.625. The largest absolute Gasteiger partial charge is 0.448 e. The van der Waals surface area contributed by atoms with Crippen LogP contribution in [-0.2, 0) is 15.6 Å². The van der Waals surface area contributed by atoms with E-state index in [1.54, 1.807) is 0 Å². The van der Waals surface area contributed by atoms with E-state index in [9.17, 15) is 8.42 Å². The van der Waals surface area contributed by atoms with Crippen molar-refractivity contribution in [1.82, 2.24) is 4.98 Å². The predicted molar refractivity (Wildman–Crippen MR) is 49.1 cm³/mol. The van der Waals surface area contributed by atoms with E-state index in [0.29, 0.717) is 11.6 Å². The van der Waals surface area contributed by atoms with Crippen molar-refractivity contribution in [3.63, 3.8) is 0 Å². The molecule has 0 aliphatic rings. The summed E-state index contributed by atoms with van der Waals surface area (Å²) in [6.45, 7) is 3.88. The Morgan fingerprint density at radius 1 is 1.54 bits per heavy atom. The summed E-state index contributed by atoms with van der Waals surface area (Å²) in [5.41, 5.74) is 0.478. The molecule has 1 heterocycles. The molecule has 1 rings (SSSR count). The third kappa shape index (κ3) is 3.18. The molecular weight excluding hydrogens is 190 g/mol. The second kappa shape index (κ2) is 3.49. The molecule has 13 heavy (non-hydrogen) atoms. The van der Waals surface area contributed by atoms with E-state index < -0.39 is 9.84 Å². The van der Waals surface area contributed by atoms with Gasteiger partial charge in [-0.15, -0.1) is 0 Å². The normalized spacial score (nSPS) is 12.3. The summed E-state index contributed by atoms with van der Waals surface area (Å²) < 4.78 is 26.9. The van der Waals surface area contributed by atoms with E-state index in [-0.39, 0.29) is 11.7 Å². The van der Waals surface area contributed by atoms with Gasteiger partial charge >= 0.3 is 0 Å². The van der Waals surface area contributed by atoms with Gasteiger partial charge in [0.05, 0.1) is 11.4 Å². The van der Waals surface area contributed by atoms with E-state index in [2.05, 4.69) is 4.98 Å². The Morgan fingerprint density at radius 3 is 2.54 bits per heavy atom. The highest BCUT2D eigenvalue weighted by molar-refractivity contribution is 7.89. The van der Waals surface area contributed by atoms with Crippen molar-refractivity contribution in [3.8, 4) is 0 Å². The lowest BCUT2D eigenvalue weighted by Gasteiger charge is -1.94. The first-order chi connectivity index (χ1) is 5.88. The van der Waals surface area contributed by atoms with Crippen LogP contribution in [0.2, 0.25) is 0 Å². The predicted octanol–water partition coefficient (Wildman–Crippen LogP) is 1.34. The third-order valence-corrected chi connectivity index (χ3v) is 2.29. The Kier molecular flexibility index (Phi) is 2.75. The molecule has 0 saturated heterocycles. The SMILES string of the molecule is CC(C)c1nc(CS(C)(=O)=O)co1. The number of rotatable bonds is 3. The van der Waals surface area contributed by atoms with Gasteiger partial charge in [0.25, 0.3) is 0 Å². The zero-order valence-corrected chi connectivity index (χ0v) is 8.76. The van der Waals surface area contributed by atoms with Gasteiger partial charge in [-0.1, -0.05) is 13.8 Å². The molecule has 74 valence electrons. The second-order valence-electron chi connectivity index (χ2n) is 3.40. The molecule has 1 aromatic rings. The zero-order chi connectivity index (χ0) is 10.1. The van der Waals surface area contributed by atoms with Crippen LogP contribution in [0.4, 0.5) is 0 Å². The highest BCUT2D eigenvalue weighted by atomic mass is 32.2. The monoisotopic (exact) mass is 203 g/mol. The van der Waals surface area contributed by atoms with E-state index >= 15 is 0 Å². The highest BCUT2D eigenvalue weighted by Crippen LogP contribution is 2.14. The Labute approximate surface area is 77.9 Å². The third-order valence-electron chi connectivity index (χ3n) is 1.47. The fourth-order valence-corrected chi connectivity index (χ4v) is 1.59. The summed E-state index contributed by atoms with van der Waals surface area (Å²) in [5, 5.41) is 0.